The highest BCUT2D eigenvalue weighted by molar-refractivity contribution is 5.55. The number of likely N-dealkylation sites (tertiary alicyclic amines) is 1. The van der Waals surface area contributed by atoms with Crippen molar-refractivity contribution in [1.29, 1.82) is 0 Å². The molecule has 0 aliphatic carbocycles. The van der Waals surface area contributed by atoms with E-state index in [9.17, 15) is 0 Å². The van der Waals surface area contributed by atoms with Gasteiger partial charge in [-0.25, -0.2) is 0 Å². The number of piperidine rings is 1. The van der Waals surface area contributed by atoms with Crippen LogP contribution in [0.3, 0.4) is 0 Å². The fraction of sp³-hybridized carbons (Fsp3) is 0.625. The number of nitrogens with zero attached hydrogens (tertiary/aromatic N) is 1. The zero-order valence-corrected chi connectivity index (χ0v) is 12.4. The second-order valence-electron chi connectivity index (χ2n) is 5.30. The summed E-state index contributed by atoms with van der Waals surface area (Å²) in [7, 11) is 0. The number of hydrogen-bond acceptors (Lipinski definition) is 4. The van der Waals surface area contributed by atoms with Gasteiger partial charge in [0, 0.05) is 12.6 Å². The third-order valence-electron chi connectivity index (χ3n) is 3.57. The predicted molar refractivity (Wildman–Crippen MR) is 82.4 cm³/mol. The number of anilines is 1. The van der Waals surface area contributed by atoms with Crippen molar-refractivity contribution in [3.8, 4) is 11.5 Å². The summed E-state index contributed by atoms with van der Waals surface area (Å²) in [6.45, 7) is 6.88. The number of rotatable bonds is 7. The average Bonchev–Trinajstić information content (AvgIpc) is 2.49. The van der Waals surface area contributed by atoms with Crippen LogP contribution >= 0.6 is 0 Å². The lowest BCUT2D eigenvalue weighted by molar-refractivity contribution is 0.183. The average molecular weight is 278 g/mol. The predicted octanol–water partition coefficient (Wildman–Crippen LogP) is 2.92. The minimum atomic E-state index is 0.668. The molecule has 4 heteroatoms. The van der Waals surface area contributed by atoms with Gasteiger partial charge in [-0.1, -0.05) is 13.3 Å². The van der Waals surface area contributed by atoms with E-state index in [1.807, 2.05) is 18.2 Å². The summed E-state index contributed by atoms with van der Waals surface area (Å²) in [6, 6.07) is 5.65. The Balaban J connectivity index is 1.79. The van der Waals surface area contributed by atoms with E-state index >= 15 is 0 Å². The fourth-order valence-corrected chi connectivity index (χ4v) is 2.42. The summed E-state index contributed by atoms with van der Waals surface area (Å²) < 4.78 is 11.4. The van der Waals surface area contributed by atoms with Crippen molar-refractivity contribution in [1.82, 2.24) is 4.90 Å². The van der Waals surface area contributed by atoms with Gasteiger partial charge in [0.15, 0.2) is 0 Å². The van der Waals surface area contributed by atoms with Crippen LogP contribution in [0.15, 0.2) is 18.2 Å². The summed E-state index contributed by atoms with van der Waals surface area (Å²) in [6.07, 6.45) is 4.97. The maximum Gasteiger partial charge on any atom is 0.145 e. The van der Waals surface area contributed by atoms with Crippen molar-refractivity contribution in [2.75, 3.05) is 38.6 Å². The largest absolute Gasteiger partial charge is 0.492 e. The molecule has 1 heterocycles. The van der Waals surface area contributed by atoms with E-state index < -0.39 is 0 Å². The van der Waals surface area contributed by atoms with Crippen LogP contribution in [0.5, 0.6) is 11.5 Å². The van der Waals surface area contributed by atoms with Crippen LogP contribution in [0.4, 0.5) is 5.69 Å². The molecule has 0 amide bonds. The molecule has 0 unspecified atom stereocenters. The molecule has 0 aromatic heterocycles. The lowest BCUT2D eigenvalue weighted by Gasteiger charge is -2.26. The molecule has 0 spiro atoms. The molecule has 1 aromatic carbocycles. The number of ether oxygens (including phenoxy) is 2. The first-order valence-corrected chi connectivity index (χ1v) is 7.67. The Labute approximate surface area is 121 Å². The van der Waals surface area contributed by atoms with Crippen molar-refractivity contribution in [3.05, 3.63) is 18.2 Å². The normalized spacial score (nSPS) is 16.1. The first-order chi connectivity index (χ1) is 9.79. The SMILES string of the molecule is CCCOc1cc(OCCN2CCCCC2)ccc1N. The van der Waals surface area contributed by atoms with E-state index in [0.29, 0.717) is 12.3 Å². The van der Waals surface area contributed by atoms with Crippen molar-refractivity contribution in [2.45, 2.75) is 32.6 Å². The molecule has 2 rings (SSSR count). The van der Waals surface area contributed by atoms with Gasteiger partial charge in [0.05, 0.1) is 12.3 Å². The zero-order chi connectivity index (χ0) is 14.2. The molecular formula is C16H26N2O2. The third-order valence-corrected chi connectivity index (χ3v) is 3.57. The van der Waals surface area contributed by atoms with Crippen LogP contribution in [-0.2, 0) is 0 Å². The molecule has 1 fully saturated rings. The Morgan fingerprint density at radius 1 is 1.10 bits per heavy atom. The minimum absolute atomic E-state index is 0.668. The van der Waals surface area contributed by atoms with Gasteiger partial charge in [0.2, 0.25) is 0 Å². The molecule has 4 nitrogen and oxygen atoms in total. The van der Waals surface area contributed by atoms with Crippen molar-refractivity contribution < 1.29 is 9.47 Å². The van der Waals surface area contributed by atoms with Gasteiger partial charge in [-0.05, 0) is 44.5 Å². The monoisotopic (exact) mass is 278 g/mol. The number of nitrogen functional groups attached to an aromatic ring is 1. The lowest BCUT2D eigenvalue weighted by Crippen LogP contribution is -2.33. The standard InChI is InChI=1S/C16H26N2O2/c1-2-11-20-16-13-14(6-7-15(16)17)19-12-10-18-8-4-3-5-9-18/h6-7,13H,2-5,8-12,17H2,1H3. The highest BCUT2D eigenvalue weighted by atomic mass is 16.5. The van der Waals surface area contributed by atoms with Crippen molar-refractivity contribution in [2.24, 2.45) is 0 Å². The maximum atomic E-state index is 5.89. The zero-order valence-electron chi connectivity index (χ0n) is 12.4. The molecule has 0 radical (unpaired) electrons. The topological polar surface area (TPSA) is 47.7 Å². The lowest BCUT2D eigenvalue weighted by atomic mass is 10.1. The Kier molecular flexibility index (Phi) is 5.99. The summed E-state index contributed by atoms with van der Waals surface area (Å²) in [4.78, 5) is 2.47. The first-order valence-electron chi connectivity index (χ1n) is 7.67. The Morgan fingerprint density at radius 2 is 1.90 bits per heavy atom. The highest BCUT2D eigenvalue weighted by Gasteiger charge is 2.10. The summed E-state index contributed by atoms with van der Waals surface area (Å²) >= 11 is 0. The van der Waals surface area contributed by atoms with Crippen LogP contribution in [0.2, 0.25) is 0 Å². The van der Waals surface area contributed by atoms with Gasteiger partial charge in [-0.2, -0.15) is 0 Å². The minimum Gasteiger partial charge on any atom is -0.492 e. The molecule has 112 valence electrons. The van der Waals surface area contributed by atoms with E-state index in [1.54, 1.807) is 0 Å². The van der Waals surface area contributed by atoms with E-state index in [0.717, 1.165) is 31.1 Å². The third kappa shape index (κ3) is 4.60. The first kappa shape index (κ1) is 15.0. The molecular weight excluding hydrogens is 252 g/mol. The second kappa shape index (κ2) is 8.00. The Hall–Kier alpha value is -1.42. The van der Waals surface area contributed by atoms with Gasteiger partial charge in [0.25, 0.3) is 0 Å². The molecule has 1 aliphatic rings. The van der Waals surface area contributed by atoms with Crippen LogP contribution in [-0.4, -0.2) is 37.7 Å². The molecule has 2 N–H and O–H groups in total. The van der Waals surface area contributed by atoms with Gasteiger partial charge in [-0.15, -0.1) is 0 Å². The number of benzene rings is 1. The smallest absolute Gasteiger partial charge is 0.145 e. The fourth-order valence-electron chi connectivity index (χ4n) is 2.42. The molecule has 0 bridgehead atoms. The van der Waals surface area contributed by atoms with Crippen LogP contribution in [0.1, 0.15) is 32.6 Å². The summed E-state index contributed by atoms with van der Waals surface area (Å²) in [5.74, 6) is 1.56. The Bertz CT molecular complexity index is 403. The molecule has 1 saturated heterocycles. The quantitative estimate of drug-likeness (QED) is 0.779. The molecule has 0 atom stereocenters. The number of hydrogen-bond donors (Lipinski definition) is 1. The summed E-state index contributed by atoms with van der Waals surface area (Å²) in [5.41, 5.74) is 6.56. The van der Waals surface area contributed by atoms with E-state index in [1.165, 1.54) is 32.4 Å². The second-order valence-corrected chi connectivity index (χ2v) is 5.30. The molecule has 1 aromatic rings. The number of nitrogens with two attached hydrogens (primary N) is 1. The van der Waals surface area contributed by atoms with Crippen LogP contribution in [0, 0.1) is 0 Å². The van der Waals surface area contributed by atoms with Gasteiger partial charge >= 0.3 is 0 Å². The highest BCUT2D eigenvalue weighted by Crippen LogP contribution is 2.27. The summed E-state index contributed by atoms with van der Waals surface area (Å²) in [5, 5.41) is 0. The van der Waals surface area contributed by atoms with Gasteiger partial charge in [0.1, 0.15) is 18.1 Å². The van der Waals surface area contributed by atoms with Crippen LogP contribution < -0.4 is 15.2 Å². The Morgan fingerprint density at radius 3 is 2.65 bits per heavy atom. The van der Waals surface area contributed by atoms with E-state index in [-0.39, 0.29) is 0 Å². The molecule has 1 aliphatic heterocycles. The van der Waals surface area contributed by atoms with E-state index in [2.05, 4.69) is 11.8 Å². The van der Waals surface area contributed by atoms with Gasteiger partial charge in [-0.3, -0.25) is 4.90 Å². The van der Waals surface area contributed by atoms with Gasteiger partial charge < -0.3 is 15.2 Å². The van der Waals surface area contributed by atoms with Crippen molar-refractivity contribution >= 4 is 5.69 Å². The van der Waals surface area contributed by atoms with Crippen molar-refractivity contribution in [3.63, 3.8) is 0 Å². The maximum absolute atomic E-state index is 5.89. The van der Waals surface area contributed by atoms with Crippen LogP contribution in [0.25, 0.3) is 0 Å². The molecule has 20 heavy (non-hydrogen) atoms. The van der Waals surface area contributed by atoms with E-state index in [4.69, 9.17) is 15.2 Å². The molecule has 0 saturated carbocycles.